The van der Waals surface area contributed by atoms with E-state index in [0.29, 0.717) is 25.4 Å². The molecule has 2 aromatic carbocycles. The van der Waals surface area contributed by atoms with Crippen LogP contribution in [0.4, 0.5) is 0 Å². The zero-order valence-electron chi connectivity index (χ0n) is 16.4. The van der Waals surface area contributed by atoms with Crippen molar-refractivity contribution in [3.8, 4) is 0 Å². The Kier molecular flexibility index (Phi) is 4.29. The summed E-state index contributed by atoms with van der Waals surface area (Å²) >= 11 is 0. The van der Waals surface area contributed by atoms with Gasteiger partial charge < -0.3 is 23.7 Å². The van der Waals surface area contributed by atoms with Crippen LogP contribution in [0.25, 0.3) is 0 Å². The molecule has 152 valence electrons. The van der Waals surface area contributed by atoms with Gasteiger partial charge in [0.2, 0.25) is 0 Å². The van der Waals surface area contributed by atoms with E-state index in [9.17, 15) is 0 Å². The number of benzene rings is 2. The lowest BCUT2D eigenvalue weighted by Gasteiger charge is -2.13. The first kappa shape index (κ1) is 18.0. The molecule has 0 bridgehead atoms. The minimum absolute atomic E-state index is 0.0748. The van der Waals surface area contributed by atoms with E-state index in [0.717, 1.165) is 26.1 Å². The van der Waals surface area contributed by atoms with E-state index in [1.165, 1.54) is 11.1 Å². The third kappa shape index (κ3) is 3.51. The molecule has 0 aliphatic carbocycles. The van der Waals surface area contributed by atoms with E-state index in [2.05, 4.69) is 48.5 Å². The maximum Gasteiger partial charge on any atom is 0.125 e. The zero-order valence-corrected chi connectivity index (χ0v) is 16.4. The van der Waals surface area contributed by atoms with Crippen LogP contribution in [0, 0.1) is 0 Å². The predicted octanol–water partition coefficient (Wildman–Crippen LogP) is 3.17. The van der Waals surface area contributed by atoms with Crippen molar-refractivity contribution in [2.24, 2.45) is 0 Å². The standard InChI is InChI=1S/C24H26O5/c1-3-7-17(8-4-1)23(11-19-13-26-19)21(28-23)15-25-16-22-24(29-22,12-20-14-27-20)18-9-5-2-6-10-18/h1-10,19-22H,11-16H2. The van der Waals surface area contributed by atoms with Crippen molar-refractivity contribution in [3.63, 3.8) is 0 Å². The second-order valence-corrected chi connectivity index (χ2v) is 8.58. The largest absolute Gasteiger partial charge is 0.376 e. The molecule has 0 spiro atoms. The third-order valence-electron chi connectivity index (χ3n) is 6.56. The fourth-order valence-electron chi connectivity index (χ4n) is 4.65. The van der Waals surface area contributed by atoms with Crippen molar-refractivity contribution in [2.45, 2.75) is 48.5 Å². The minimum atomic E-state index is -0.259. The van der Waals surface area contributed by atoms with Gasteiger partial charge in [-0.3, -0.25) is 0 Å². The molecule has 0 N–H and O–H groups in total. The maximum atomic E-state index is 6.19. The Bertz CT molecular complexity index is 779. The minimum Gasteiger partial charge on any atom is -0.376 e. The summed E-state index contributed by atoms with van der Waals surface area (Å²) in [7, 11) is 0. The van der Waals surface area contributed by atoms with Crippen LogP contribution in [0.15, 0.2) is 60.7 Å². The van der Waals surface area contributed by atoms with E-state index in [4.69, 9.17) is 23.7 Å². The van der Waals surface area contributed by atoms with Crippen LogP contribution in [-0.4, -0.2) is 50.8 Å². The van der Waals surface area contributed by atoms with Crippen LogP contribution in [0.2, 0.25) is 0 Å². The van der Waals surface area contributed by atoms with Crippen molar-refractivity contribution < 1.29 is 23.7 Å². The molecule has 0 saturated carbocycles. The summed E-state index contributed by atoms with van der Waals surface area (Å²) in [5.41, 5.74) is 1.92. The molecule has 0 amide bonds. The molecule has 4 saturated heterocycles. The normalized spacial score (nSPS) is 39.2. The van der Waals surface area contributed by atoms with Gasteiger partial charge in [-0.1, -0.05) is 60.7 Å². The van der Waals surface area contributed by atoms with Crippen molar-refractivity contribution in [3.05, 3.63) is 71.8 Å². The van der Waals surface area contributed by atoms with E-state index in [1.54, 1.807) is 0 Å². The average Bonchev–Trinajstić information content (AvgIpc) is 3.58. The number of hydrogen-bond acceptors (Lipinski definition) is 5. The summed E-state index contributed by atoms with van der Waals surface area (Å²) in [5.74, 6) is 0. The third-order valence-corrected chi connectivity index (χ3v) is 6.56. The van der Waals surface area contributed by atoms with Crippen LogP contribution in [0.5, 0.6) is 0 Å². The van der Waals surface area contributed by atoms with Gasteiger partial charge in [-0.05, 0) is 11.1 Å². The first-order valence-electron chi connectivity index (χ1n) is 10.6. The van der Waals surface area contributed by atoms with Gasteiger partial charge in [0, 0.05) is 12.8 Å². The molecule has 29 heavy (non-hydrogen) atoms. The molecular formula is C24H26O5. The predicted molar refractivity (Wildman–Crippen MR) is 106 cm³/mol. The van der Waals surface area contributed by atoms with Crippen molar-refractivity contribution in [1.82, 2.24) is 0 Å². The van der Waals surface area contributed by atoms with Gasteiger partial charge in [0.25, 0.3) is 0 Å². The maximum absolute atomic E-state index is 6.19. The highest BCUT2D eigenvalue weighted by Gasteiger charge is 2.62. The number of ether oxygens (including phenoxy) is 5. The molecule has 0 aromatic heterocycles. The van der Waals surface area contributed by atoms with Gasteiger partial charge in [-0.25, -0.2) is 0 Å². The molecule has 4 heterocycles. The molecular weight excluding hydrogens is 368 g/mol. The Labute approximate surface area is 170 Å². The van der Waals surface area contributed by atoms with Crippen LogP contribution in [0.1, 0.15) is 24.0 Å². The summed E-state index contributed by atoms with van der Waals surface area (Å²) in [6.45, 7) is 2.83. The second kappa shape index (κ2) is 6.89. The molecule has 0 radical (unpaired) electrons. The van der Waals surface area contributed by atoms with E-state index >= 15 is 0 Å². The second-order valence-electron chi connectivity index (χ2n) is 8.58. The van der Waals surface area contributed by atoms with Gasteiger partial charge in [-0.15, -0.1) is 0 Å². The van der Waals surface area contributed by atoms with Gasteiger partial charge >= 0.3 is 0 Å². The molecule has 5 heteroatoms. The van der Waals surface area contributed by atoms with Gasteiger partial charge in [-0.2, -0.15) is 0 Å². The Morgan fingerprint density at radius 1 is 0.690 bits per heavy atom. The molecule has 6 atom stereocenters. The van der Waals surface area contributed by atoms with Crippen molar-refractivity contribution >= 4 is 0 Å². The molecule has 6 unspecified atom stereocenters. The van der Waals surface area contributed by atoms with Gasteiger partial charge in [0.05, 0.1) is 38.6 Å². The highest BCUT2D eigenvalue weighted by Crippen LogP contribution is 2.53. The quantitative estimate of drug-likeness (QED) is 0.580. The lowest BCUT2D eigenvalue weighted by atomic mass is 9.90. The summed E-state index contributed by atoms with van der Waals surface area (Å²) in [6.07, 6.45) is 2.58. The van der Waals surface area contributed by atoms with Crippen molar-refractivity contribution in [2.75, 3.05) is 26.4 Å². The van der Waals surface area contributed by atoms with Gasteiger partial charge in [0.1, 0.15) is 23.4 Å². The van der Waals surface area contributed by atoms with E-state index in [-0.39, 0.29) is 23.4 Å². The van der Waals surface area contributed by atoms with Gasteiger partial charge in [0.15, 0.2) is 0 Å². The Balaban J connectivity index is 1.08. The number of hydrogen-bond donors (Lipinski definition) is 0. The van der Waals surface area contributed by atoms with E-state index in [1.807, 2.05) is 12.1 Å². The molecule has 5 nitrogen and oxygen atoms in total. The first-order chi connectivity index (χ1) is 14.3. The van der Waals surface area contributed by atoms with Crippen LogP contribution < -0.4 is 0 Å². The number of rotatable bonds is 10. The van der Waals surface area contributed by atoms with Crippen molar-refractivity contribution in [1.29, 1.82) is 0 Å². The SMILES string of the molecule is c1ccc(C2(CC3CO3)OC2COCC2OC2(CC2CO2)c2ccccc2)cc1. The molecule has 4 aliphatic rings. The first-order valence-corrected chi connectivity index (χ1v) is 10.6. The van der Waals surface area contributed by atoms with Crippen LogP contribution in [0.3, 0.4) is 0 Å². The Hall–Kier alpha value is -1.76. The fraction of sp³-hybridized carbons (Fsp3) is 0.500. The lowest BCUT2D eigenvalue weighted by Crippen LogP contribution is -2.22. The summed E-state index contributed by atoms with van der Waals surface area (Å²) in [6, 6.07) is 20.9. The zero-order chi connectivity index (χ0) is 19.3. The summed E-state index contributed by atoms with van der Waals surface area (Å²) in [5, 5.41) is 0. The fourth-order valence-corrected chi connectivity index (χ4v) is 4.65. The Morgan fingerprint density at radius 2 is 1.10 bits per heavy atom. The Morgan fingerprint density at radius 3 is 1.48 bits per heavy atom. The molecule has 4 fully saturated rings. The highest BCUT2D eigenvalue weighted by atomic mass is 16.7. The van der Waals surface area contributed by atoms with Crippen LogP contribution >= 0.6 is 0 Å². The molecule has 2 aromatic rings. The average molecular weight is 394 g/mol. The highest BCUT2D eigenvalue weighted by molar-refractivity contribution is 5.31. The van der Waals surface area contributed by atoms with Crippen LogP contribution in [-0.2, 0) is 34.9 Å². The van der Waals surface area contributed by atoms with E-state index < -0.39 is 0 Å². The smallest absolute Gasteiger partial charge is 0.125 e. The topological polar surface area (TPSA) is 59.4 Å². The molecule has 6 rings (SSSR count). The lowest BCUT2D eigenvalue weighted by molar-refractivity contribution is 0.101. The summed E-state index contributed by atoms with van der Waals surface area (Å²) < 4.78 is 29.4. The molecule has 4 aliphatic heterocycles. The monoisotopic (exact) mass is 394 g/mol. The summed E-state index contributed by atoms with van der Waals surface area (Å²) in [4.78, 5) is 0. The number of epoxide rings is 4.